The Balaban J connectivity index is 1.15. The average Bonchev–Trinajstić information content (AvgIpc) is 3.64. The number of nitrogens with zero attached hydrogens (tertiary/aromatic N) is 5. The van der Waals surface area contributed by atoms with Crippen LogP contribution in [-0.2, 0) is 22.6 Å². The van der Waals surface area contributed by atoms with Crippen LogP contribution in [-0.4, -0.2) is 68.8 Å². The zero-order valence-corrected chi connectivity index (χ0v) is 25.2. The molecule has 1 saturated heterocycles. The highest BCUT2D eigenvalue weighted by Crippen LogP contribution is 2.38. The number of benzene rings is 3. The highest BCUT2D eigenvalue weighted by atomic mass is 16.5. The van der Waals surface area contributed by atoms with Gasteiger partial charge in [0.05, 0.1) is 5.92 Å². The predicted octanol–water partition coefficient (Wildman–Crippen LogP) is 5.41. The number of rotatable bonds is 11. The van der Waals surface area contributed by atoms with Crippen molar-refractivity contribution in [2.75, 3.05) is 26.8 Å². The molecule has 7 rings (SSSR count). The van der Waals surface area contributed by atoms with E-state index in [1.807, 2.05) is 12.1 Å². The number of tetrazole rings is 1. The van der Waals surface area contributed by atoms with Crippen LogP contribution in [0.3, 0.4) is 0 Å². The quantitative estimate of drug-likeness (QED) is 0.200. The fraction of sp³-hybridized carbons (Fsp3) is 0.371. The summed E-state index contributed by atoms with van der Waals surface area (Å²) in [7, 11) is 1.75. The Bertz CT molecular complexity index is 1730. The molecule has 44 heavy (non-hydrogen) atoms. The van der Waals surface area contributed by atoms with E-state index < -0.39 is 0 Å². The summed E-state index contributed by atoms with van der Waals surface area (Å²) >= 11 is 0. The van der Waals surface area contributed by atoms with Crippen LogP contribution in [0.2, 0.25) is 0 Å². The molecule has 0 unspecified atom stereocenters. The Morgan fingerprint density at radius 3 is 2.64 bits per heavy atom. The van der Waals surface area contributed by atoms with Gasteiger partial charge < -0.3 is 19.5 Å². The van der Waals surface area contributed by atoms with Crippen LogP contribution >= 0.6 is 0 Å². The van der Waals surface area contributed by atoms with Crippen LogP contribution in [0.25, 0.3) is 33.4 Å². The number of methoxy groups -OCH3 is 1. The molecular weight excluding hydrogens is 550 g/mol. The molecule has 226 valence electrons. The molecule has 5 aromatic rings. The van der Waals surface area contributed by atoms with Gasteiger partial charge in [0.15, 0.2) is 0 Å². The largest absolute Gasteiger partial charge is 0.385 e. The molecule has 9 nitrogen and oxygen atoms in total. The number of amides is 1. The molecule has 0 bridgehead atoms. The lowest BCUT2D eigenvalue weighted by atomic mass is 9.79. The second-order valence-corrected chi connectivity index (χ2v) is 12.1. The summed E-state index contributed by atoms with van der Waals surface area (Å²) in [6, 6.07) is 25.8. The Morgan fingerprint density at radius 2 is 1.82 bits per heavy atom. The Hall–Kier alpha value is -4.34. The van der Waals surface area contributed by atoms with Crippen LogP contribution in [0.15, 0.2) is 79.0 Å². The first-order chi connectivity index (χ1) is 21.7. The smallest absolute Gasteiger partial charge is 0.228 e. The number of hydrogen-bond acceptors (Lipinski definition) is 6. The zero-order chi connectivity index (χ0) is 29.9. The number of hydrogen-bond donors (Lipinski definition) is 2. The second-order valence-electron chi connectivity index (χ2n) is 12.1. The Morgan fingerprint density at radius 1 is 1.00 bits per heavy atom. The van der Waals surface area contributed by atoms with Crippen LogP contribution < -0.4 is 5.32 Å². The average molecular weight is 590 g/mol. The number of piperidine rings is 1. The number of fused-ring (bicyclic) bond motifs is 1. The van der Waals surface area contributed by atoms with E-state index in [9.17, 15) is 4.79 Å². The van der Waals surface area contributed by atoms with E-state index >= 15 is 0 Å². The minimum absolute atomic E-state index is 0.111. The van der Waals surface area contributed by atoms with Crippen LogP contribution in [0, 0.1) is 5.92 Å². The molecule has 1 saturated carbocycles. The van der Waals surface area contributed by atoms with Gasteiger partial charge in [-0.05, 0) is 77.7 Å². The normalized spacial score (nSPS) is 18.5. The van der Waals surface area contributed by atoms with Crippen molar-refractivity contribution < 1.29 is 9.53 Å². The third-order valence-corrected chi connectivity index (χ3v) is 9.14. The fourth-order valence-corrected chi connectivity index (χ4v) is 6.77. The van der Waals surface area contributed by atoms with E-state index in [-0.39, 0.29) is 17.7 Å². The van der Waals surface area contributed by atoms with Gasteiger partial charge in [-0.25, -0.2) is 0 Å². The molecule has 2 aliphatic rings. The minimum Gasteiger partial charge on any atom is -0.385 e. The third-order valence-electron chi connectivity index (χ3n) is 9.14. The maximum atomic E-state index is 14.5. The molecule has 1 amide bonds. The van der Waals surface area contributed by atoms with Gasteiger partial charge in [0.1, 0.15) is 0 Å². The Kier molecular flexibility index (Phi) is 8.22. The summed E-state index contributed by atoms with van der Waals surface area (Å²) < 4.78 is 7.63. The molecule has 9 heteroatoms. The fourth-order valence-electron chi connectivity index (χ4n) is 6.77. The lowest BCUT2D eigenvalue weighted by Gasteiger charge is -2.36. The first-order valence-corrected chi connectivity index (χ1v) is 15.7. The number of ether oxygens (including phenoxy) is 1. The second kappa shape index (κ2) is 12.7. The van der Waals surface area contributed by atoms with E-state index in [4.69, 9.17) is 4.74 Å². The first kappa shape index (κ1) is 28.4. The van der Waals surface area contributed by atoms with Gasteiger partial charge in [0.2, 0.25) is 11.7 Å². The summed E-state index contributed by atoms with van der Waals surface area (Å²) in [5.74, 6) is 0.886. The van der Waals surface area contributed by atoms with Gasteiger partial charge in [0.25, 0.3) is 0 Å². The number of aromatic amines is 1. The maximum absolute atomic E-state index is 14.5. The van der Waals surface area contributed by atoms with Crippen LogP contribution in [0.1, 0.15) is 42.7 Å². The van der Waals surface area contributed by atoms with Crippen molar-refractivity contribution in [1.29, 1.82) is 0 Å². The van der Waals surface area contributed by atoms with Crippen LogP contribution in [0.4, 0.5) is 0 Å². The lowest BCUT2D eigenvalue weighted by molar-refractivity contribution is -0.138. The van der Waals surface area contributed by atoms with E-state index in [1.165, 1.54) is 22.0 Å². The zero-order valence-electron chi connectivity index (χ0n) is 25.2. The number of carbonyl (C=O) groups excluding carboxylic acids is 1. The van der Waals surface area contributed by atoms with Crippen molar-refractivity contribution in [1.82, 2.24) is 35.4 Å². The number of nitrogens with one attached hydrogen (secondary N) is 2. The topological polar surface area (TPSA) is 101 Å². The van der Waals surface area contributed by atoms with E-state index in [0.717, 1.165) is 62.1 Å². The Labute approximate surface area is 257 Å². The monoisotopic (exact) mass is 589 g/mol. The summed E-state index contributed by atoms with van der Waals surface area (Å²) in [6.45, 7) is 3.88. The molecule has 0 spiro atoms. The molecule has 3 heterocycles. The lowest BCUT2D eigenvalue weighted by Crippen LogP contribution is -2.47. The van der Waals surface area contributed by atoms with Gasteiger partial charge in [-0.3, -0.25) is 4.79 Å². The molecule has 3 aromatic carbocycles. The van der Waals surface area contributed by atoms with E-state index in [1.54, 1.807) is 7.11 Å². The summed E-state index contributed by atoms with van der Waals surface area (Å²) in [5, 5.41) is 19.3. The summed E-state index contributed by atoms with van der Waals surface area (Å²) in [6.07, 6.45) is 6.30. The molecule has 2 atom stereocenters. The number of aryl methyl sites for hydroxylation is 1. The van der Waals surface area contributed by atoms with Crippen molar-refractivity contribution in [3.05, 3.63) is 90.1 Å². The van der Waals surface area contributed by atoms with Gasteiger partial charge in [0, 0.05) is 62.1 Å². The van der Waals surface area contributed by atoms with E-state index in [2.05, 4.69) is 102 Å². The van der Waals surface area contributed by atoms with Gasteiger partial charge >= 0.3 is 0 Å². The van der Waals surface area contributed by atoms with Gasteiger partial charge in [-0.2, -0.15) is 5.21 Å². The van der Waals surface area contributed by atoms with Crippen molar-refractivity contribution >= 4 is 16.8 Å². The number of carbonyl (C=O) groups is 1. The van der Waals surface area contributed by atoms with Crippen LogP contribution in [0.5, 0.6) is 0 Å². The predicted molar refractivity (Wildman–Crippen MR) is 171 cm³/mol. The van der Waals surface area contributed by atoms with Crippen molar-refractivity contribution in [3.8, 4) is 22.5 Å². The van der Waals surface area contributed by atoms with Crippen molar-refractivity contribution in [3.63, 3.8) is 0 Å². The molecule has 0 radical (unpaired) electrons. The minimum atomic E-state index is -0.111. The summed E-state index contributed by atoms with van der Waals surface area (Å²) in [5.41, 5.74) is 6.79. The molecule has 2 N–H and O–H groups in total. The molecule has 1 aliphatic carbocycles. The highest BCUT2D eigenvalue weighted by molar-refractivity contribution is 5.86. The van der Waals surface area contributed by atoms with Crippen molar-refractivity contribution in [2.24, 2.45) is 5.92 Å². The SMILES string of the molecule is COCCCn1cc(CN(C(=O)[C@H]2CNCC[C@@H]2c2cccc(-c3cccc(-c4nn[nH]n4)c3)c2)C2CC2)c2ccccc21. The maximum Gasteiger partial charge on any atom is 0.228 e. The molecule has 2 fully saturated rings. The highest BCUT2D eigenvalue weighted by Gasteiger charge is 2.40. The summed E-state index contributed by atoms with van der Waals surface area (Å²) in [4.78, 5) is 16.7. The molecule has 1 aliphatic heterocycles. The van der Waals surface area contributed by atoms with E-state index in [0.29, 0.717) is 25.0 Å². The standard InChI is InChI=1S/C35H39N7O2/c1-44-18-6-17-41-22-28(31-11-2-3-12-33(31)41)23-42(29-13-14-29)35(43)32-21-36-16-15-30(32)26-9-4-7-24(19-26)25-8-5-10-27(20-25)34-37-39-40-38-34/h2-5,7-12,19-20,22,29-30,32,36H,6,13-18,21,23H2,1H3,(H,37,38,39,40)/t30-,32+/m1/s1. The molecular formula is C35H39N7O2. The number of H-pyrrole nitrogens is 1. The van der Waals surface area contributed by atoms with Gasteiger partial charge in [-0.1, -0.05) is 60.7 Å². The third kappa shape index (κ3) is 5.89. The number of aromatic nitrogens is 5. The molecule has 2 aromatic heterocycles. The first-order valence-electron chi connectivity index (χ1n) is 15.7. The van der Waals surface area contributed by atoms with Crippen molar-refractivity contribution in [2.45, 2.75) is 50.7 Å². The number of para-hydroxylation sites is 1. The van der Waals surface area contributed by atoms with Gasteiger partial charge in [-0.15, -0.1) is 10.2 Å².